The van der Waals surface area contributed by atoms with Crippen molar-refractivity contribution in [3.05, 3.63) is 58.1 Å². The number of carbonyl (C=O) groups excluding carboxylic acids is 1. The summed E-state index contributed by atoms with van der Waals surface area (Å²) in [6, 6.07) is 8.91. The zero-order valence-corrected chi connectivity index (χ0v) is 14.8. The van der Waals surface area contributed by atoms with E-state index >= 15 is 0 Å². The Labute approximate surface area is 142 Å². The maximum Gasteiger partial charge on any atom is 0.345 e. The van der Waals surface area contributed by atoms with E-state index in [2.05, 4.69) is 18.3 Å². The van der Waals surface area contributed by atoms with Crippen molar-refractivity contribution in [2.45, 2.75) is 34.3 Å². The molecule has 0 spiro atoms. The van der Waals surface area contributed by atoms with Crippen LogP contribution in [0.3, 0.4) is 0 Å². The average molecular weight is 328 g/mol. The molecule has 5 heteroatoms. The lowest BCUT2D eigenvalue weighted by Gasteiger charge is -2.20. The summed E-state index contributed by atoms with van der Waals surface area (Å²) in [5.74, 6) is 0.803. The number of benzene rings is 2. The topological polar surface area (TPSA) is 61.8 Å². The van der Waals surface area contributed by atoms with Gasteiger partial charge in [-0.15, -0.1) is 0 Å². The lowest BCUT2D eigenvalue weighted by molar-refractivity contribution is 0.205. The van der Waals surface area contributed by atoms with Crippen LogP contribution >= 0.6 is 0 Å². The highest BCUT2D eigenvalue weighted by Crippen LogP contribution is 2.27. The Morgan fingerprint density at radius 3 is 2.42 bits per heavy atom. The summed E-state index contributed by atoms with van der Waals surface area (Å²) in [5, 5.41) is 13.1. The molecule has 0 aliphatic rings. The van der Waals surface area contributed by atoms with Crippen LogP contribution in [-0.4, -0.2) is 18.3 Å². The molecule has 5 nitrogen and oxygen atoms in total. The van der Waals surface area contributed by atoms with Gasteiger partial charge in [-0.2, -0.15) is 5.06 Å². The first-order chi connectivity index (χ1) is 11.3. The van der Waals surface area contributed by atoms with E-state index in [0.717, 1.165) is 28.0 Å². The zero-order valence-electron chi connectivity index (χ0n) is 14.8. The molecular weight excluding hydrogens is 304 g/mol. The summed E-state index contributed by atoms with van der Waals surface area (Å²) in [4.78, 5) is 11.7. The van der Waals surface area contributed by atoms with Crippen LogP contribution in [0.4, 0.5) is 10.5 Å². The van der Waals surface area contributed by atoms with Gasteiger partial charge in [-0.05, 0) is 62.1 Å². The number of ether oxygens (including phenoxy) is 1. The minimum absolute atomic E-state index is 0.263. The number of aryl methyl sites for hydroxylation is 4. The molecule has 0 bridgehead atoms. The molecule has 2 aromatic carbocycles. The van der Waals surface area contributed by atoms with Crippen molar-refractivity contribution in [1.82, 2.24) is 5.32 Å². The molecule has 0 aliphatic carbocycles. The Hall–Kier alpha value is -2.53. The lowest BCUT2D eigenvalue weighted by atomic mass is 10.1. The fourth-order valence-corrected chi connectivity index (χ4v) is 2.53. The molecule has 2 amide bonds. The first-order valence-corrected chi connectivity index (χ1v) is 7.85. The number of amides is 2. The van der Waals surface area contributed by atoms with Gasteiger partial charge in [-0.1, -0.05) is 18.2 Å². The molecule has 0 aromatic heterocycles. The number of rotatable bonds is 4. The predicted octanol–water partition coefficient (Wildman–Crippen LogP) is 4.03. The quantitative estimate of drug-likeness (QED) is 0.658. The number of nitrogens with zero attached hydrogens (tertiary/aromatic N) is 1. The van der Waals surface area contributed by atoms with Crippen molar-refractivity contribution in [1.29, 1.82) is 0 Å². The normalized spacial score (nSPS) is 10.4. The maximum absolute atomic E-state index is 11.7. The Kier molecular flexibility index (Phi) is 5.46. The molecule has 0 atom stereocenters. The molecule has 0 saturated heterocycles. The van der Waals surface area contributed by atoms with Gasteiger partial charge in [0, 0.05) is 12.6 Å². The number of anilines is 1. The smallest absolute Gasteiger partial charge is 0.345 e. The van der Waals surface area contributed by atoms with Gasteiger partial charge in [-0.3, -0.25) is 5.21 Å². The van der Waals surface area contributed by atoms with Crippen LogP contribution in [0.2, 0.25) is 0 Å². The van der Waals surface area contributed by atoms with Crippen molar-refractivity contribution in [2.24, 2.45) is 0 Å². The molecule has 2 rings (SSSR count). The van der Waals surface area contributed by atoms with E-state index in [0.29, 0.717) is 10.8 Å². The molecule has 0 unspecified atom stereocenters. The second-order valence-corrected chi connectivity index (χ2v) is 5.93. The monoisotopic (exact) mass is 328 g/mol. The van der Waals surface area contributed by atoms with Gasteiger partial charge in [0.15, 0.2) is 0 Å². The van der Waals surface area contributed by atoms with Gasteiger partial charge < -0.3 is 10.1 Å². The van der Waals surface area contributed by atoms with Crippen molar-refractivity contribution in [3.63, 3.8) is 0 Å². The minimum atomic E-state index is -0.593. The van der Waals surface area contributed by atoms with Gasteiger partial charge in [-0.25, -0.2) is 4.79 Å². The van der Waals surface area contributed by atoms with Crippen LogP contribution in [0.15, 0.2) is 30.3 Å². The molecule has 2 aromatic rings. The third kappa shape index (κ3) is 3.68. The molecule has 2 N–H and O–H groups in total. The van der Waals surface area contributed by atoms with Gasteiger partial charge in [0.05, 0.1) is 5.69 Å². The Morgan fingerprint density at radius 2 is 1.75 bits per heavy atom. The van der Waals surface area contributed by atoms with Crippen molar-refractivity contribution >= 4 is 11.7 Å². The Morgan fingerprint density at radius 1 is 1.08 bits per heavy atom. The summed E-state index contributed by atoms with van der Waals surface area (Å²) in [7, 11) is 1.47. The number of hydrogen-bond acceptors (Lipinski definition) is 3. The number of hydrogen-bond donors (Lipinski definition) is 2. The third-order valence-electron chi connectivity index (χ3n) is 4.18. The predicted molar refractivity (Wildman–Crippen MR) is 94.9 cm³/mol. The summed E-state index contributed by atoms with van der Waals surface area (Å²) in [6.07, 6.45) is 0. The van der Waals surface area contributed by atoms with Gasteiger partial charge in [0.2, 0.25) is 0 Å². The van der Waals surface area contributed by atoms with Crippen LogP contribution in [0, 0.1) is 27.7 Å². The van der Waals surface area contributed by atoms with Crippen LogP contribution in [0.25, 0.3) is 0 Å². The number of carbonyl (C=O) groups is 1. The molecule has 0 heterocycles. The molecular formula is C19H24N2O3. The number of urea groups is 1. The molecule has 0 saturated carbocycles. The highest BCUT2D eigenvalue weighted by molar-refractivity contribution is 5.90. The molecule has 0 fully saturated rings. The summed E-state index contributed by atoms with van der Waals surface area (Å²) in [6.45, 7) is 8.30. The molecule has 0 radical (unpaired) electrons. The highest BCUT2D eigenvalue weighted by atomic mass is 16.5. The van der Waals surface area contributed by atoms with Crippen LogP contribution in [0.1, 0.15) is 27.8 Å². The second-order valence-electron chi connectivity index (χ2n) is 5.93. The fourth-order valence-electron chi connectivity index (χ4n) is 2.53. The van der Waals surface area contributed by atoms with E-state index in [1.54, 1.807) is 12.1 Å². The summed E-state index contributed by atoms with van der Waals surface area (Å²) >= 11 is 0. The van der Waals surface area contributed by atoms with E-state index in [4.69, 9.17) is 4.74 Å². The third-order valence-corrected chi connectivity index (χ3v) is 4.18. The first kappa shape index (κ1) is 17.8. The van der Waals surface area contributed by atoms with Crippen molar-refractivity contribution in [2.75, 3.05) is 12.1 Å². The van der Waals surface area contributed by atoms with Crippen molar-refractivity contribution in [3.8, 4) is 5.75 Å². The molecule has 128 valence electrons. The second kappa shape index (κ2) is 7.36. The van der Waals surface area contributed by atoms with E-state index in [1.807, 2.05) is 32.9 Å². The largest absolute Gasteiger partial charge is 0.489 e. The van der Waals surface area contributed by atoms with E-state index in [-0.39, 0.29) is 6.61 Å². The average Bonchev–Trinajstić information content (AvgIpc) is 2.56. The van der Waals surface area contributed by atoms with Gasteiger partial charge >= 0.3 is 6.03 Å². The van der Waals surface area contributed by atoms with Crippen LogP contribution in [0.5, 0.6) is 5.75 Å². The molecule has 24 heavy (non-hydrogen) atoms. The first-order valence-electron chi connectivity index (χ1n) is 7.85. The Balaban J connectivity index is 2.30. The van der Waals surface area contributed by atoms with E-state index in [1.165, 1.54) is 12.6 Å². The fraction of sp³-hybridized carbons (Fsp3) is 0.316. The zero-order chi connectivity index (χ0) is 17.9. The van der Waals surface area contributed by atoms with Crippen molar-refractivity contribution < 1.29 is 14.7 Å². The highest BCUT2D eigenvalue weighted by Gasteiger charge is 2.17. The van der Waals surface area contributed by atoms with Crippen LogP contribution in [-0.2, 0) is 6.61 Å². The van der Waals surface area contributed by atoms with E-state index in [9.17, 15) is 10.0 Å². The minimum Gasteiger partial charge on any atom is -0.489 e. The SMILES string of the molecule is CNC(=O)N(O)c1cccc(C)c1COc1cc(C)c(C)cc1C. The van der Waals surface area contributed by atoms with Crippen LogP contribution < -0.4 is 15.1 Å². The summed E-state index contributed by atoms with van der Waals surface area (Å²) < 4.78 is 5.97. The van der Waals surface area contributed by atoms with Gasteiger partial charge in [0.1, 0.15) is 12.4 Å². The number of nitrogens with one attached hydrogen (secondary N) is 1. The Bertz CT molecular complexity index is 757. The van der Waals surface area contributed by atoms with Gasteiger partial charge in [0.25, 0.3) is 0 Å². The molecule has 0 aliphatic heterocycles. The number of hydroxylamine groups is 1. The standard InChI is InChI=1S/C19H24N2O3/c1-12-7-6-8-17(21(23)19(22)20-5)16(12)11-24-18-10-14(3)13(2)9-15(18)4/h6-10,23H,11H2,1-5H3,(H,20,22). The lowest BCUT2D eigenvalue weighted by Crippen LogP contribution is -2.36. The summed E-state index contributed by atoms with van der Waals surface area (Å²) in [5.41, 5.74) is 5.56. The van der Waals surface area contributed by atoms with E-state index < -0.39 is 6.03 Å². The maximum atomic E-state index is 11.7.